The standard InChI is InChI=1S/C7H9N5O/c8-6(4-13)5-1-2-12-7(3-5)9-10-11-12/h1-3,6,13H,4,8H2. The number of nitrogens with zero attached hydrogens (tertiary/aromatic N) is 4. The number of nitrogens with two attached hydrogens (primary N) is 1. The number of hydrogen-bond donors (Lipinski definition) is 2. The lowest BCUT2D eigenvalue weighted by atomic mass is 10.1. The highest BCUT2D eigenvalue weighted by Gasteiger charge is 2.05. The van der Waals surface area contributed by atoms with Gasteiger partial charge in [-0.15, -0.1) is 5.10 Å². The molecule has 0 bridgehead atoms. The van der Waals surface area contributed by atoms with Crippen molar-refractivity contribution in [2.24, 2.45) is 5.73 Å². The van der Waals surface area contributed by atoms with E-state index in [1.165, 1.54) is 4.52 Å². The molecule has 0 amide bonds. The summed E-state index contributed by atoms with van der Waals surface area (Å²) in [7, 11) is 0. The largest absolute Gasteiger partial charge is 0.394 e. The second kappa shape index (κ2) is 3.08. The normalized spacial score (nSPS) is 13.4. The Morgan fingerprint density at radius 2 is 2.46 bits per heavy atom. The minimum atomic E-state index is -0.373. The summed E-state index contributed by atoms with van der Waals surface area (Å²) in [6, 6.07) is 3.16. The van der Waals surface area contributed by atoms with Gasteiger partial charge in [0, 0.05) is 6.20 Å². The predicted molar refractivity (Wildman–Crippen MR) is 44.8 cm³/mol. The monoisotopic (exact) mass is 179 g/mol. The third-order valence-electron chi connectivity index (χ3n) is 1.85. The van der Waals surface area contributed by atoms with E-state index in [0.29, 0.717) is 5.65 Å². The fourth-order valence-corrected chi connectivity index (χ4v) is 1.09. The first-order chi connectivity index (χ1) is 6.31. The minimum absolute atomic E-state index is 0.0856. The van der Waals surface area contributed by atoms with Crippen LogP contribution in [0.5, 0.6) is 0 Å². The Bertz CT molecular complexity index is 412. The second-order valence-electron chi connectivity index (χ2n) is 2.73. The van der Waals surface area contributed by atoms with E-state index in [1.54, 1.807) is 18.3 Å². The van der Waals surface area contributed by atoms with Crippen molar-refractivity contribution in [2.75, 3.05) is 6.61 Å². The molecule has 6 nitrogen and oxygen atoms in total. The SMILES string of the molecule is NC(CO)c1ccn2nnnc2c1. The fraction of sp³-hybridized carbons (Fsp3) is 0.286. The van der Waals surface area contributed by atoms with Gasteiger partial charge in [-0.2, -0.15) is 0 Å². The van der Waals surface area contributed by atoms with Gasteiger partial charge in [0.2, 0.25) is 0 Å². The van der Waals surface area contributed by atoms with Crippen molar-refractivity contribution in [3.05, 3.63) is 23.9 Å². The zero-order valence-electron chi connectivity index (χ0n) is 6.83. The number of fused-ring (bicyclic) bond motifs is 1. The van der Waals surface area contributed by atoms with E-state index >= 15 is 0 Å². The van der Waals surface area contributed by atoms with Crippen LogP contribution in [0.3, 0.4) is 0 Å². The average molecular weight is 179 g/mol. The molecule has 2 rings (SSSR count). The van der Waals surface area contributed by atoms with Crippen molar-refractivity contribution < 1.29 is 5.11 Å². The summed E-state index contributed by atoms with van der Waals surface area (Å²) in [4.78, 5) is 0. The fourth-order valence-electron chi connectivity index (χ4n) is 1.09. The average Bonchev–Trinajstić information content (AvgIpc) is 2.63. The molecule has 6 heteroatoms. The Kier molecular flexibility index (Phi) is 1.91. The van der Waals surface area contributed by atoms with E-state index in [9.17, 15) is 0 Å². The van der Waals surface area contributed by atoms with Crippen LogP contribution in [-0.2, 0) is 0 Å². The number of aromatic nitrogens is 4. The maximum Gasteiger partial charge on any atom is 0.179 e. The summed E-state index contributed by atoms with van der Waals surface area (Å²) in [6.45, 7) is -0.0856. The molecule has 0 saturated heterocycles. The van der Waals surface area contributed by atoms with Crippen LogP contribution in [0.25, 0.3) is 5.65 Å². The number of hydrogen-bond acceptors (Lipinski definition) is 5. The molecule has 1 unspecified atom stereocenters. The van der Waals surface area contributed by atoms with Crippen molar-refractivity contribution in [2.45, 2.75) is 6.04 Å². The van der Waals surface area contributed by atoms with Gasteiger partial charge in [0.05, 0.1) is 12.6 Å². The van der Waals surface area contributed by atoms with E-state index in [-0.39, 0.29) is 12.6 Å². The summed E-state index contributed by atoms with van der Waals surface area (Å²) in [6.07, 6.45) is 1.71. The molecule has 68 valence electrons. The molecule has 2 aromatic rings. The van der Waals surface area contributed by atoms with Crippen molar-refractivity contribution >= 4 is 5.65 Å². The molecule has 0 saturated carbocycles. The summed E-state index contributed by atoms with van der Waals surface area (Å²) >= 11 is 0. The topological polar surface area (TPSA) is 89.3 Å². The first-order valence-electron chi connectivity index (χ1n) is 3.85. The van der Waals surface area contributed by atoms with Crippen molar-refractivity contribution in [3.63, 3.8) is 0 Å². The molecule has 0 aliphatic carbocycles. The van der Waals surface area contributed by atoms with Crippen molar-refractivity contribution in [1.82, 2.24) is 20.0 Å². The van der Waals surface area contributed by atoms with E-state index < -0.39 is 0 Å². The molecule has 0 fully saturated rings. The minimum Gasteiger partial charge on any atom is -0.394 e. The van der Waals surface area contributed by atoms with Gasteiger partial charge < -0.3 is 10.8 Å². The van der Waals surface area contributed by atoms with Crippen LogP contribution in [-0.4, -0.2) is 31.8 Å². The molecule has 0 radical (unpaired) electrons. The molecule has 0 spiro atoms. The molecule has 13 heavy (non-hydrogen) atoms. The van der Waals surface area contributed by atoms with E-state index in [0.717, 1.165) is 5.56 Å². The molecular formula is C7H9N5O. The summed E-state index contributed by atoms with van der Waals surface area (Å²) in [5.74, 6) is 0. The molecule has 2 heterocycles. The van der Waals surface area contributed by atoms with Gasteiger partial charge in [-0.25, -0.2) is 4.52 Å². The van der Waals surface area contributed by atoms with Gasteiger partial charge in [0.25, 0.3) is 0 Å². The molecule has 2 aromatic heterocycles. The van der Waals surface area contributed by atoms with Crippen LogP contribution in [0, 0.1) is 0 Å². The molecule has 0 aliphatic rings. The summed E-state index contributed by atoms with van der Waals surface area (Å²) < 4.78 is 1.54. The Labute approximate surface area is 74.0 Å². The molecule has 0 aliphatic heterocycles. The van der Waals surface area contributed by atoms with Crippen LogP contribution in [0.1, 0.15) is 11.6 Å². The number of aliphatic hydroxyl groups is 1. The van der Waals surface area contributed by atoms with Crippen LogP contribution >= 0.6 is 0 Å². The summed E-state index contributed by atoms with van der Waals surface area (Å²) in [5, 5.41) is 19.8. The zero-order chi connectivity index (χ0) is 9.26. The van der Waals surface area contributed by atoms with E-state index in [1.807, 2.05) is 0 Å². The van der Waals surface area contributed by atoms with Gasteiger partial charge in [-0.1, -0.05) is 0 Å². The molecular weight excluding hydrogens is 170 g/mol. The van der Waals surface area contributed by atoms with Crippen LogP contribution < -0.4 is 5.73 Å². The van der Waals surface area contributed by atoms with Gasteiger partial charge in [-0.3, -0.25) is 0 Å². The first-order valence-corrected chi connectivity index (χ1v) is 3.85. The maximum absolute atomic E-state index is 8.83. The number of tetrazole rings is 1. The Morgan fingerprint density at radius 3 is 3.23 bits per heavy atom. The Hall–Kier alpha value is -1.53. The lowest BCUT2D eigenvalue weighted by Gasteiger charge is -2.06. The Balaban J connectivity index is 2.48. The van der Waals surface area contributed by atoms with Crippen LogP contribution in [0.2, 0.25) is 0 Å². The highest BCUT2D eigenvalue weighted by atomic mass is 16.3. The summed E-state index contributed by atoms with van der Waals surface area (Å²) in [5.41, 5.74) is 7.08. The molecule has 3 N–H and O–H groups in total. The highest BCUT2D eigenvalue weighted by molar-refractivity contribution is 5.39. The van der Waals surface area contributed by atoms with Gasteiger partial charge in [0.1, 0.15) is 0 Å². The quantitative estimate of drug-likeness (QED) is 0.624. The smallest absolute Gasteiger partial charge is 0.179 e. The second-order valence-corrected chi connectivity index (χ2v) is 2.73. The van der Waals surface area contributed by atoms with Gasteiger partial charge >= 0.3 is 0 Å². The van der Waals surface area contributed by atoms with Crippen molar-refractivity contribution in [1.29, 1.82) is 0 Å². The number of aliphatic hydroxyl groups excluding tert-OH is 1. The van der Waals surface area contributed by atoms with Crippen LogP contribution in [0.15, 0.2) is 18.3 Å². The lowest BCUT2D eigenvalue weighted by Crippen LogP contribution is -2.14. The highest BCUT2D eigenvalue weighted by Crippen LogP contribution is 2.10. The molecule has 0 aromatic carbocycles. The molecule has 1 atom stereocenters. The van der Waals surface area contributed by atoms with Gasteiger partial charge in [-0.05, 0) is 28.1 Å². The van der Waals surface area contributed by atoms with Crippen molar-refractivity contribution in [3.8, 4) is 0 Å². The van der Waals surface area contributed by atoms with E-state index in [4.69, 9.17) is 10.8 Å². The lowest BCUT2D eigenvalue weighted by molar-refractivity contribution is 0.268. The first kappa shape index (κ1) is 8.09. The third kappa shape index (κ3) is 1.36. The van der Waals surface area contributed by atoms with Crippen LogP contribution in [0.4, 0.5) is 0 Å². The Morgan fingerprint density at radius 1 is 1.62 bits per heavy atom. The maximum atomic E-state index is 8.83. The number of pyridine rings is 1. The van der Waals surface area contributed by atoms with Gasteiger partial charge in [0.15, 0.2) is 5.65 Å². The third-order valence-corrected chi connectivity index (χ3v) is 1.85. The zero-order valence-corrected chi connectivity index (χ0v) is 6.83. The van der Waals surface area contributed by atoms with E-state index in [2.05, 4.69) is 15.5 Å². The number of rotatable bonds is 2. The predicted octanol–water partition coefficient (Wildman–Crippen LogP) is -0.884.